The Hall–Kier alpha value is -4.60. The van der Waals surface area contributed by atoms with E-state index >= 15 is 0 Å². The molecule has 4 aromatic rings. The van der Waals surface area contributed by atoms with Crippen molar-refractivity contribution < 1.29 is 9.47 Å². The molecule has 0 N–H and O–H groups in total. The molecule has 40 heavy (non-hydrogen) atoms. The molecule has 0 aromatic heterocycles. The third kappa shape index (κ3) is 9.61. The van der Waals surface area contributed by atoms with Crippen LogP contribution in [0.3, 0.4) is 0 Å². The van der Waals surface area contributed by atoms with Crippen molar-refractivity contribution in [3.05, 3.63) is 168 Å². The molecule has 0 heterocycles. The third-order valence-corrected chi connectivity index (χ3v) is 6.31. The fourth-order valence-electron chi connectivity index (χ4n) is 4.37. The zero-order valence-electron chi connectivity index (χ0n) is 22.7. The first kappa shape index (κ1) is 28.4. The summed E-state index contributed by atoms with van der Waals surface area (Å²) in [7, 11) is 0. The van der Waals surface area contributed by atoms with Gasteiger partial charge in [-0.2, -0.15) is 0 Å². The van der Waals surface area contributed by atoms with E-state index < -0.39 is 0 Å². The third-order valence-electron chi connectivity index (χ3n) is 6.31. The van der Waals surface area contributed by atoms with Gasteiger partial charge in [0.15, 0.2) is 0 Å². The van der Waals surface area contributed by atoms with Crippen LogP contribution in [0.2, 0.25) is 0 Å². The van der Waals surface area contributed by atoms with Crippen molar-refractivity contribution in [1.82, 2.24) is 0 Å². The summed E-state index contributed by atoms with van der Waals surface area (Å²) in [5.74, 6) is 11.9. The van der Waals surface area contributed by atoms with E-state index in [1.54, 1.807) is 0 Å². The molecule has 0 aliphatic heterocycles. The molecule has 0 radical (unpaired) electrons. The van der Waals surface area contributed by atoms with E-state index in [-0.39, 0.29) is 11.8 Å². The standard InChI is InChI=1S/C38H34O2/c1(15-29-39-31-17-27-37(33-19-7-3-8-20-33)34-21-9-4-10-22-34)2-16-30-40-32-18-28-38(35-23-11-5-12-24-35)36-25-13-6-14-26-36/h3-14,17-28,37-38H,29-32H2/b27-17+,28-18+. The fourth-order valence-corrected chi connectivity index (χ4v) is 4.37. The minimum Gasteiger partial charge on any atom is -0.365 e. The lowest BCUT2D eigenvalue weighted by molar-refractivity contribution is 0.198. The molecule has 0 saturated carbocycles. The molecule has 0 aliphatic carbocycles. The monoisotopic (exact) mass is 522 g/mol. The van der Waals surface area contributed by atoms with Gasteiger partial charge in [0, 0.05) is 11.8 Å². The lowest BCUT2D eigenvalue weighted by Gasteiger charge is -2.14. The molecule has 0 unspecified atom stereocenters. The van der Waals surface area contributed by atoms with E-state index in [1.165, 1.54) is 22.3 Å². The first-order valence-corrected chi connectivity index (χ1v) is 13.6. The number of benzene rings is 4. The van der Waals surface area contributed by atoms with Crippen molar-refractivity contribution in [2.24, 2.45) is 0 Å². The van der Waals surface area contributed by atoms with Gasteiger partial charge in [0.1, 0.15) is 13.2 Å². The first-order chi connectivity index (χ1) is 19.9. The van der Waals surface area contributed by atoms with Crippen LogP contribution in [0, 0.1) is 23.7 Å². The van der Waals surface area contributed by atoms with Gasteiger partial charge in [0.2, 0.25) is 0 Å². The van der Waals surface area contributed by atoms with Crippen LogP contribution < -0.4 is 0 Å². The summed E-state index contributed by atoms with van der Waals surface area (Å²) in [6.45, 7) is 1.68. The van der Waals surface area contributed by atoms with Crippen LogP contribution in [0.1, 0.15) is 34.1 Å². The fraction of sp³-hybridized carbons (Fsp3) is 0.158. The van der Waals surface area contributed by atoms with Gasteiger partial charge < -0.3 is 9.47 Å². The smallest absolute Gasteiger partial charge is 0.109 e. The van der Waals surface area contributed by atoms with Crippen molar-refractivity contribution in [2.75, 3.05) is 26.4 Å². The summed E-state index contributed by atoms with van der Waals surface area (Å²) in [5.41, 5.74) is 5.02. The number of hydrogen-bond acceptors (Lipinski definition) is 2. The zero-order chi connectivity index (χ0) is 27.5. The van der Waals surface area contributed by atoms with E-state index in [2.05, 4.69) is 145 Å². The normalized spacial score (nSPS) is 10.9. The van der Waals surface area contributed by atoms with Crippen LogP contribution in [0.15, 0.2) is 146 Å². The largest absolute Gasteiger partial charge is 0.365 e. The van der Waals surface area contributed by atoms with Crippen LogP contribution in [0.25, 0.3) is 0 Å². The minimum absolute atomic E-state index is 0.195. The topological polar surface area (TPSA) is 18.5 Å². The maximum absolute atomic E-state index is 5.64. The summed E-state index contributed by atoms with van der Waals surface area (Å²) < 4.78 is 11.3. The molecule has 2 nitrogen and oxygen atoms in total. The summed E-state index contributed by atoms with van der Waals surface area (Å²) >= 11 is 0. The summed E-state index contributed by atoms with van der Waals surface area (Å²) in [6, 6.07) is 41.9. The average molecular weight is 523 g/mol. The molecule has 0 spiro atoms. The van der Waals surface area contributed by atoms with Crippen LogP contribution >= 0.6 is 0 Å². The molecule has 4 aromatic carbocycles. The van der Waals surface area contributed by atoms with Crippen LogP contribution in [0.5, 0.6) is 0 Å². The molecule has 2 heteroatoms. The number of ether oxygens (including phenoxy) is 2. The van der Waals surface area contributed by atoms with E-state index in [4.69, 9.17) is 9.47 Å². The van der Waals surface area contributed by atoms with Crippen molar-refractivity contribution in [3.8, 4) is 23.7 Å². The molecule has 0 amide bonds. The highest BCUT2D eigenvalue weighted by molar-refractivity contribution is 5.38. The van der Waals surface area contributed by atoms with E-state index in [1.807, 2.05) is 24.3 Å². The molecule has 0 aliphatic rings. The van der Waals surface area contributed by atoms with Crippen LogP contribution in [-0.4, -0.2) is 26.4 Å². The predicted octanol–water partition coefficient (Wildman–Crippen LogP) is 7.80. The van der Waals surface area contributed by atoms with Crippen molar-refractivity contribution in [1.29, 1.82) is 0 Å². The van der Waals surface area contributed by atoms with Gasteiger partial charge in [0.25, 0.3) is 0 Å². The molecular formula is C38H34O2. The van der Waals surface area contributed by atoms with Gasteiger partial charge in [-0.3, -0.25) is 0 Å². The van der Waals surface area contributed by atoms with Crippen LogP contribution in [-0.2, 0) is 9.47 Å². The van der Waals surface area contributed by atoms with Gasteiger partial charge in [-0.25, -0.2) is 0 Å². The number of rotatable bonds is 12. The Bertz CT molecular complexity index is 1240. The Morgan fingerprint density at radius 1 is 0.450 bits per heavy atom. The Labute approximate surface area is 239 Å². The number of hydrogen-bond donors (Lipinski definition) is 0. The molecular weight excluding hydrogens is 488 g/mol. The van der Waals surface area contributed by atoms with E-state index in [9.17, 15) is 0 Å². The quantitative estimate of drug-likeness (QED) is 0.107. The van der Waals surface area contributed by atoms with E-state index in [0.717, 1.165) is 0 Å². The Balaban J connectivity index is 1.16. The summed E-state index contributed by atoms with van der Waals surface area (Å²) in [4.78, 5) is 0. The van der Waals surface area contributed by atoms with Gasteiger partial charge in [-0.1, -0.05) is 157 Å². The second-order valence-corrected chi connectivity index (χ2v) is 9.09. The maximum atomic E-state index is 5.64. The SMILES string of the molecule is C(C#CCOC/C=C/C(c1ccccc1)c1ccccc1)#CCOC/C=C/C(c1ccccc1)c1ccccc1. The Morgan fingerprint density at radius 2 is 0.750 bits per heavy atom. The molecule has 0 fully saturated rings. The zero-order valence-corrected chi connectivity index (χ0v) is 22.7. The van der Waals surface area contributed by atoms with Crippen LogP contribution in [0.4, 0.5) is 0 Å². The highest BCUT2D eigenvalue weighted by Crippen LogP contribution is 2.26. The Kier molecular flexibility index (Phi) is 12.1. The number of allylic oxidation sites excluding steroid dienone is 2. The lowest BCUT2D eigenvalue weighted by Crippen LogP contribution is -1.99. The Morgan fingerprint density at radius 3 is 1.05 bits per heavy atom. The van der Waals surface area contributed by atoms with Gasteiger partial charge in [0.05, 0.1) is 13.2 Å². The lowest BCUT2D eigenvalue weighted by atomic mass is 9.91. The summed E-state index contributed by atoms with van der Waals surface area (Å²) in [6.07, 6.45) is 8.48. The second-order valence-electron chi connectivity index (χ2n) is 9.09. The molecule has 4 rings (SSSR count). The molecule has 0 bridgehead atoms. The van der Waals surface area contributed by atoms with Gasteiger partial charge in [-0.15, -0.1) is 0 Å². The van der Waals surface area contributed by atoms with Crippen molar-refractivity contribution in [2.45, 2.75) is 11.8 Å². The minimum atomic E-state index is 0.195. The maximum Gasteiger partial charge on any atom is 0.109 e. The molecule has 0 atom stereocenters. The molecule has 0 saturated heterocycles. The second kappa shape index (κ2) is 17.1. The summed E-state index contributed by atoms with van der Waals surface area (Å²) in [5, 5.41) is 0. The highest BCUT2D eigenvalue weighted by Gasteiger charge is 2.10. The van der Waals surface area contributed by atoms with E-state index in [0.29, 0.717) is 26.4 Å². The van der Waals surface area contributed by atoms with Gasteiger partial charge in [-0.05, 0) is 34.1 Å². The molecule has 198 valence electrons. The average Bonchev–Trinajstić information content (AvgIpc) is 3.03. The highest BCUT2D eigenvalue weighted by atomic mass is 16.5. The predicted molar refractivity (Wildman–Crippen MR) is 165 cm³/mol. The van der Waals surface area contributed by atoms with Crippen molar-refractivity contribution in [3.63, 3.8) is 0 Å². The first-order valence-electron chi connectivity index (χ1n) is 13.6. The van der Waals surface area contributed by atoms with Gasteiger partial charge >= 0.3 is 0 Å². The van der Waals surface area contributed by atoms with Crippen molar-refractivity contribution >= 4 is 0 Å².